The zero-order chi connectivity index (χ0) is 14.3. The van der Waals surface area contributed by atoms with Crippen LogP contribution in [0.15, 0.2) is 37.1 Å². The van der Waals surface area contributed by atoms with E-state index in [0.29, 0.717) is 0 Å². The highest BCUT2D eigenvalue weighted by Gasteiger charge is 2.12. The molecule has 1 aliphatic rings. The van der Waals surface area contributed by atoms with E-state index in [4.69, 9.17) is 0 Å². The van der Waals surface area contributed by atoms with Gasteiger partial charge in [0.25, 0.3) is 0 Å². The molecule has 2 aromatic rings. The molecule has 0 bridgehead atoms. The average Bonchev–Trinajstić information content (AvgIpc) is 2.55. The summed E-state index contributed by atoms with van der Waals surface area (Å²) in [5, 5.41) is 6.65. The summed E-state index contributed by atoms with van der Waals surface area (Å²) in [5.41, 5.74) is 2.20. The van der Waals surface area contributed by atoms with Gasteiger partial charge in [0.15, 0.2) is 0 Å². The molecule has 21 heavy (non-hydrogen) atoms. The van der Waals surface area contributed by atoms with Crippen molar-refractivity contribution in [3.63, 3.8) is 0 Å². The Labute approximate surface area is 125 Å². The van der Waals surface area contributed by atoms with E-state index in [0.717, 1.165) is 23.8 Å². The van der Waals surface area contributed by atoms with Gasteiger partial charge in [0.1, 0.15) is 12.1 Å². The van der Waals surface area contributed by atoms with E-state index in [2.05, 4.69) is 37.7 Å². The summed E-state index contributed by atoms with van der Waals surface area (Å²) in [4.78, 5) is 12.3. The van der Waals surface area contributed by atoms with Crippen molar-refractivity contribution in [2.75, 3.05) is 18.4 Å². The monoisotopic (exact) mass is 283 g/mol. The second kappa shape index (κ2) is 7.13. The first-order chi connectivity index (χ1) is 10.4. The summed E-state index contributed by atoms with van der Waals surface area (Å²) >= 11 is 0. The minimum absolute atomic E-state index is 0.854. The van der Waals surface area contributed by atoms with Gasteiger partial charge in [0.2, 0.25) is 0 Å². The lowest BCUT2D eigenvalue weighted by molar-refractivity contribution is 0.354. The number of anilines is 2. The molecule has 0 radical (unpaired) electrons. The fourth-order valence-electron chi connectivity index (χ4n) is 2.75. The first-order valence-electron chi connectivity index (χ1n) is 7.58. The Balaban J connectivity index is 1.57. The van der Waals surface area contributed by atoms with E-state index < -0.39 is 0 Å². The van der Waals surface area contributed by atoms with Gasteiger partial charge in [0, 0.05) is 6.20 Å². The minimum Gasteiger partial charge on any atom is -0.338 e. The molecule has 0 unspecified atom stereocenters. The van der Waals surface area contributed by atoms with Gasteiger partial charge in [-0.15, -0.1) is 0 Å². The van der Waals surface area contributed by atoms with Crippen LogP contribution >= 0.6 is 0 Å². The second-order valence-electron chi connectivity index (χ2n) is 5.53. The molecule has 2 N–H and O–H groups in total. The van der Waals surface area contributed by atoms with Crippen LogP contribution in [0.1, 0.15) is 24.8 Å². The first-order valence-corrected chi connectivity index (χ1v) is 7.58. The summed E-state index contributed by atoms with van der Waals surface area (Å²) in [6, 6.07) is 4.22. The third-order valence-corrected chi connectivity index (χ3v) is 3.96. The van der Waals surface area contributed by atoms with E-state index in [1.807, 2.05) is 6.20 Å². The van der Waals surface area contributed by atoms with Crippen LogP contribution in [0.2, 0.25) is 0 Å². The average molecular weight is 283 g/mol. The molecule has 5 nitrogen and oxygen atoms in total. The zero-order valence-electron chi connectivity index (χ0n) is 12.1. The lowest BCUT2D eigenvalue weighted by Gasteiger charge is -2.22. The normalized spacial score (nSPS) is 15.8. The molecule has 110 valence electrons. The molecule has 0 saturated carbocycles. The number of rotatable bonds is 5. The lowest BCUT2D eigenvalue weighted by atomic mass is 9.91. The van der Waals surface area contributed by atoms with Crippen molar-refractivity contribution in [1.82, 2.24) is 20.3 Å². The fourth-order valence-corrected chi connectivity index (χ4v) is 2.75. The van der Waals surface area contributed by atoms with E-state index in [1.165, 1.54) is 44.2 Å². The Bertz CT molecular complexity index is 552. The molecule has 0 aliphatic carbocycles. The zero-order valence-corrected chi connectivity index (χ0v) is 12.1. The predicted octanol–water partition coefficient (Wildman–Crippen LogP) is 2.55. The molecular weight excluding hydrogens is 262 g/mol. The van der Waals surface area contributed by atoms with Crippen LogP contribution in [0, 0.1) is 5.92 Å². The Morgan fingerprint density at radius 2 is 2.00 bits per heavy atom. The van der Waals surface area contributed by atoms with Crippen molar-refractivity contribution in [3.8, 4) is 0 Å². The molecule has 5 heteroatoms. The standard InChI is InChI=1S/C16H21N5/c1(13-3-6-17-7-4-13)2-14-5-8-20-16(9-14)21-15-10-18-12-19-11-15/h5,8-13,17H,1-4,6-7H2,(H,20,21). The summed E-state index contributed by atoms with van der Waals surface area (Å²) < 4.78 is 0. The van der Waals surface area contributed by atoms with Crippen LogP contribution in [0.5, 0.6) is 0 Å². The fraction of sp³-hybridized carbons (Fsp3) is 0.438. The maximum Gasteiger partial charge on any atom is 0.130 e. The number of hydrogen-bond donors (Lipinski definition) is 2. The lowest BCUT2D eigenvalue weighted by Crippen LogP contribution is -2.27. The predicted molar refractivity (Wildman–Crippen MR) is 83.5 cm³/mol. The summed E-state index contributed by atoms with van der Waals surface area (Å²) in [7, 11) is 0. The van der Waals surface area contributed by atoms with Crippen molar-refractivity contribution in [2.24, 2.45) is 5.92 Å². The summed E-state index contributed by atoms with van der Waals surface area (Å²) in [6.45, 7) is 2.34. The number of pyridine rings is 1. The van der Waals surface area contributed by atoms with E-state index in [-0.39, 0.29) is 0 Å². The largest absolute Gasteiger partial charge is 0.338 e. The topological polar surface area (TPSA) is 62.7 Å². The van der Waals surface area contributed by atoms with Crippen LogP contribution in [-0.2, 0) is 6.42 Å². The van der Waals surface area contributed by atoms with Gasteiger partial charge in [-0.05, 0) is 62.4 Å². The molecule has 1 aliphatic heterocycles. The van der Waals surface area contributed by atoms with Gasteiger partial charge in [-0.3, -0.25) is 0 Å². The van der Waals surface area contributed by atoms with Crippen molar-refractivity contribution in [1.29, 1.82) is 0 Å². The maximum absolute atomic E-state index is 4.35. The van der Waals surface area contributed by atoms with Gasteiger partial charge in [-0.2, -0.15) is 0 Å². The molecule has 1 saturated heterocycles. The Kier molecular flexibility index (Phi) is 4.74. The maximum atomic E-state index is 4.35. The van der Waals surface area contributed by atoms with Crippen LogP contribution in [0.25, 0.3) is 0 Å². The van der Waals surface area contributed by atoms with Crippen LogP contribution in [-0.4, -0.2) is 28.0 Å². The molecule has 1 fully saturated rings. The van der Waals surface area contributed by atoms with E-state index >= 15 is 0 Å². The molecular formula is C16H21N5. The van der Waals surface area contributed by atoms with Crippen molar-refractivity contribution in [3.05, 3.63) is 42.6 Å². The van der Waals surface area contributed by atoms with Crippen molar-refractivity contribution >= 4 is 11.5 Å². The molecule has 2 aromatic heterocycles. The van der Waals surface area contributed by atoms with Gasteiger partial charge >= 0.3 is 0 Å². The molecule has 0 spiro atoms. The van der Waals surface area contributed by atoms with Crippen LogP contribution in [0.3, 0.4) is 0 Å². The third-order valence-electron chi connectivity index (χ3n) is 3.96. The smallest absolute Gasteiger partial charge is 0.130 e. The Morgan fingerprint density at radius 1 is 1.19 bits per heavy atom. The molecule has 0 aromatic carbocycles. The quantitative estimate of drug-likeness (QED) is 0.883. The van der Waals surface area contributed by atoms with Gasteiger partial charge in [-0.25, -0.2) is 15.0 Å². The molecule has 0 atom stereocenters. The molecule has 3 heterocycles. The highest BCUT2D eigenvalue weighted by Crippen LogP contribution is 2.20. The summed E-state index contributed by atoms with van der Waals surface area (Å²) in [6.07, 6.45) is 11.9. The number of hydrogen-bond acceptors (Lipinski definition) is 5. The van der Waals surface area contributed by atoms with Crippen molar-refractivity contribution in [2.45, 2.75) is 25.7 Å². The Hall–Kier alpha value is -2.01. The van der Waals surface area contributed by atoms with E-state index in [1.54, 1.807) is 12.4 Å². The highest BCUT2D eigenvalue weighted by molar-refractivity contribution is 5.53. The van der Waals surface area contributed by atoms with Gasteiger partial charge in [0.05, 0.1) is 18.1 Å². The second-order valence-corrected chi connectivity index (χ2v) is 5.53. The number of aromatic nitrogens is 3. The summed E-state index contributed by atoms with van der Waals surface area (Å²) in [5.74, 6) is 1.71. The first kappa shape index (κ1) is 13.9. The number of piperidine rings is 1. The van der Waals surface area contributed by atoms with Gasteiger partial charge < -0.3 is 10.6 Å². The minimum atomic E-state index is 0.854. The number of nitrogens with zero attached hydrogens (tertiary/aromatic N) is 3. The van der Waals surface area contributed by atoms with Crippen molar-refractivity contribution < 1.29 is 0 Å². The highest BCUT2D eigenvalue weighted by atomic mass is 15.0. The molecule has 3 rings (SSSR count). The van der Waals surface area contributed by atoms with Crippen LogP contribution < -0.4 is 10.6 Å². The number of nitrogens with one attached hydrogen (secondary N) is 2. The van der Waals surface area contributed by atoms with E-state index in [9.17, 15) is 0 Å². The SMILES string of the molecule is c1ncc(Nc2cc(CCC3CCNCC3)ccn2)cn1. The third kappa shape index (κ3) is 4.23. The van der Waals surface area contributed by atoms with Gasteiger partial charge in [-0.1, -0.05) is 0 Å². The number of aryl methyl sites for hydroxylation is 1. The Morgan fingerprint density at radius 3 is 2.81 bits per heavy atom. The molecule has 0 amide bonds. The van der Waals surface area contributed by atoms with Crippen LogP contribution in [0.4, 0.5) is 11.5 Å².